The van der Waals surface area contributed by atoms with E-state index >= 15 is 0 Å². The van der Waals surface area contributed by atoms with Gasteiger partial charge in [-0.3, -0.25) is 0 Å². The Balaban J connectivity index is 1.98. The van der Waals surface area contributed by atoms with Gasteiger partial charge < -0.3 is 5.11 Å². The van der Waals surface area contributed by atoms with Crippen LogP contribution in [0.2, 0.25) is 0 Å². The van der Waals surface area contributed by atoms with Crippen LogP contribution in [0.15, 0.2) is 54.6 Å². The summed E-state index contributed by atoms with van der Waals surface area (Å²) in [7, 11) is 0. The van der Waals surface area contributed by atoms with Crippen molar-refractivity contribution in [2.24, 2.45) is 11.8 Å². The Labute approximate surface area is 207 Å². The summed E-state index contributed by atoms with van der Waals surface area (Å²) in [6.07, 6.45) is 3.48. The monoisotopic (exact) mass is 454 g/mol. The Morgan fingerprint density at radius 1 is 0.824 bits per heavy atom. The van der Waals surface area contributed by atoms with Crippen LogP contribution in [0.4, 0.5) is 0 Å². The van der Waals surface area contributed by atoms with Crippen molar-refractivity contribution in [1.82, 2.24) is 0 Å². The van der Waals surface area contributed by atoms with Gasteiger partial charge in [0.15, 0.2) is 0 Å². The predicted molar refractivity (Wildman–Crippen MR) is 147 cm³/mol. The van der Waals surface area contributed by atoms with Crippen molar-refractivity contribution >= 4 is 0 Å². The van der Waals surface area contributed by atoms with E-state index in [1.54, 1.807) is 0 Å². The van der Waals surface area contributed by atoms with E-state index in [0.29, 0.717) is 17.6 Å². The van der Waals surface area contributed by atoms with Crippen LogP contribution in [0.1, 0.15) is 90.0 Å². The van der Waals surface area contributed by atoms with Crippen molar-refractivity contribution in [2.75, 3.05) is 0 Å². The zero-order chi connectivity index (χ0) is 24.8. The molecule has 0 saturated carbocycles. The molecule has 1 heteroatoms. The summed E-state index contributed by atoms with van der Waals surface area (Å²) in [5, 5.41) is 11.4. The van der Waals surface area contributed by atoms with E-state index in [0.717, 1.165) is 29.5 Å². The largest absolute Gasteiger partial charge is 0.507 e. The van der Waals surface area contributed by atoms with Crippen molar-refractivity contribution in [3.05, 3.63) is 76.9 Å². The topological polar surface area (TPSA) is 20.2 Å². The number of hydrogen-bond donors (Lipinski definition) is 1. The van der Waals surface area contributed by atoms with E-state index in [-0.39, 0.29) is 10.8 Å². The third kappa shape index (κ3) is 4.19. The Morgan fingerprint density at radius 3 is 2.15 bits per heavy atom. The minimum Gasteiger partial charge on any atom is -0.507 e. The molecule has 0 amide bonds. The standard InChI is InChI=1S/C33H42O/c1-9-22(4)20-33(19-21(2)3)28-13-11-10-12-25(28)26-15-14-24(18-29(26)33)27-16-23(5)17-30(31(27)34)32(6,7)8/h10-18,21-22,34H,9,19-20H2,1-8H3. The lowest BCUT2D eigenvalue weighted by Gasteiger charge is -2.36. The Morgan fingerprint density at radius 2 is 1.50 bits per heavy atom. The molecule has 3 aromatic rings. The third-order valence-corrected chi connectivity index (χ3v) is 7.79. The molecule has 1 aliphatic rings. The summed E-state index contributed by atoms with van der Waals surface area (Å²) in [6, 6.07) is 20.2. The van der Waals surface area contributed by atoms with Crippen LogP contribution in [-0.2, 0) is 10.8 Å². The number of aryl methyl sites for hydroxylation is 1. The Kier molecular flexibility index (Phi) is 6.44. The first-order chi connectivity index (χ1) is 16.0. The lowest BCUT2D eigenvalue weighted by Crippen LogP contribution is -2.29. The van der Waals surface area contributed by atoms with Crippen LogP contribution >= 0.6 is 0 Å². The number of aromatic hydroxyl groups is 1. The Hall–Kier alpha value is -2.54. The highest BCUT2D eigenvalue weighted by molar-refractivity contribution is 5.85. The van der Waals surface area contributed by atoms with Crippen LogP contribution in [0.5, 0.6) is 5.75 Å². The van der Waals surface area contributed by atoms with Gasteiger partial charge in [-0.25, -0.2) is 0 Å². The van der Waals surface area contributed by atoms with Gasteiger partial charge in [0.05, 0.1) is 0 Å². The fourth-order valence-electron chi connectivity index (χ4n) is 6.15. The SMILES string of the molecule is CCC(C)CC1(CC(C)C)c2ccccc2-c2ccc(-c3cc(C)cc(C(C)(C)C)c3O)cc21. The molecule has 2 atom stereocenters. The fourth-order valence-corrected chi connectivity index (χ4v) is 6.15. The molecule has 34 heavy (non-hydrogen) atoms. The van der Waals surface area contributed by atoms with Gasteiger partial charge in [0.25, 0.3) is 0 Å². The molecular weight excluding hydrogens is 412 g/mol. The van der Waals surface area contributed by atoms with Crippen molar-refractivity contribution in [3.8, 4) is 28.0 Å². The predicted octanol–water partition coefficient (Wildman–Crippen LogP) is 9.41. The van der Waals surface area contributed by atoms with Gasteiger partial charge in [-0.2, -0.15) is 0 Å². The zero-order valence-electron chi connectivity index (χ0n) is 22.4. The lowest BCUT2D eigenvalue weighted by molar-refractivity contribution is 0.321. The van der Waals surface area contributed by atoms with Crippen molar-refractivity contribution in [2.45, 2.75) is 85.5 Å². The van der Waals surface area contributed by atoms with Crippen LogP contribution < -0.4 is 0 Å². The summed E-state index contributed by atoms with van der Waals surface area (Å²) in [5.41, 5.74) is 9.85. The van der Waals surface area contributed by atoms with Crippen molar-refractivity contribution < 1.29 is 5.11 Å². The molecule has 0 aromatic heterocycles. The highest BCUT2D eigenvalue weighted by Crippen LogP contribution is 2.56. The summed E-state index contributed by atoms with van der Waals surface area (Å²) < 4.78 is 0. The molecule has 3 aromatic carbocycles. The average molecular weight is 455 g/mol. The van der Waals surface area contributed by atoms with E-state index in [9.17, 15) is 5.11 Å². The zero-order valence-corrected chi connectivity index (χ0v) is 22.4. The van der Waals surface area contributed by atoms with Gasteiger partial charge in [0, 0.05) is 16.5 Å². The molecule has 4 rings (SSSR count). The van der Waals surface area contributed by atoms with E-state index in [1.165, 1.54) is 34.2 Å². The van der Waals surface area contributed by atoms with Gasteiger partial charge in [0.1, 0.15) is 5.75 Å². The molecule has 0 aliphatic heterocycles. The first kappa shape index (κ1) is 24.6. The number of hydrogen-bond acceptors (Lipinski definition) is 1. The molecule has 0 saturated heterocycles. The summed E-state index contributed by atoms with van der Waals surface area (Å²) >= 11 is 0. The molecule has 1 aliphatic carbocycles. The second kappa shape index (κ2) is 8.91. The van der Waals surface area contributed by atoms with Gasteiger partial charge in [0.2, 0.25) is 0 Å². The molecule has 0 radical (unpaired) electrons. The lowest BCUT2D eigenvalue weighted by atomic mass is 9.67. The molecule has 0 spiro atoms. The second-order valence-electron chi connectivity index (χ2n) is 12.2. The van der Waals surface area contributed by atoms with E-state index in [4.69, 9.17) is 0 Å². The summed E-state index contributed by atoms with van der Waals surface area (Å²) in [4.78, 5) is 0. The fraction of sp³-hybridized carbons (Fsp3) is 0.455. The molecule has 0 bridgehead atoms. The highest BCUT2D eigenvalue weighted by Gasteiger charge is 2.44. The van der Waals surface area contributed by atoms with Gasteiger partial charge in [-0.15, -0.1) is 0 Å². The van der Waals surface area contributed by atoms with Gasteiger partial charge in [-0.1, -0.05) is 97.4 Å². The maximum absolute atomic E-state index is 11.4. The summed E-state index contributed by atoms with van der Waals surface area (Å²) in [6.45, 7) is 18.1. The van der Waals surface area contributed by atoms with Crippen molar-refractivity contribution in [3.63, 3.8) is 0 Å². The van der Waals surface area contributed by atoms with Crippen LogP contribution in [0.25, 0.3) is 22.3 Å². The molecule has 2 unspecified atom stereocenters. The van der Waals surface area contributed by atoms with Crippen LogP contribution in [-0.4, -0.2) is 5.11 Å². The first-order valence-corrected chi connectivity index (χ1v) is 13.1. The minimum absolute atomic E-state index is 0.0117. The molecule has 180 valence electrons. The van der Waals surface area contributed by atoms with E-state index in [1.807, 2.05) is 0 Å². The minimum atomic E-state index is -0.115. The number of rotatable bonds is 6. The Bertz CT molecular complexity index is 1190. The maximum Gasteiger partial charge on any atom is 0.127 e. The quantitative estimate of drug-likeness (QED) is 0.393. The highest BCUT2D eigenvalue weighted by atomic mass is 16.3. The molecule has 1 nitrogen and oxygen atoms in total. The van der Waals surface area contributed by atoms with E-state index < -0.39 is 0 Å². The van der Waals surface area contributed by atoms with Gasteiger partial charge >= 0.3 is 0 Å². The smallest absolute Gasteiger partial charge is 0.127 e. The number of phenols is 1. The summed E-state index contributed by atoms with van der Waals surface area (Å²) in [5.74, 6) is 1.65. The van der Waals surface area contributed by atoms with Crippen LogP contribution in [0.3, 0.4) is 0 Å². The van der Waals surface area contributed by atoms with Crippen LogP contribution in [0, 0.1) is 18.8 Å². The molecule has 0 fully saturated rings. The third-order valence-electron chi connectivity index (χ3n) is 7.79. The molecule has 0 heterocycles. The first-order valence-electron chi connectivity index (χ1n) is 13.1. The van der Waals surface area contributed by atoms with Crippen molar-refractivity contribution in [1.29, 1.82) is 0 Å². The van der Waals surface area contributed by atoms with Gasteiger partial charge in [-0.05, 0) is 82.5 Å². The number of fused-ring (bicyclic) bond motifs is 3. The maximum atomic E-state index is 11.4. The average Bonchev–Trinajstić information content (AvgIpc) is 3.03. The second-order valence-corrected chi connectivity index (χ2v) is 12.2. The van der Waals surface area contributed by atoms with E-state index in [2.05, 4.69) is 110 Å². The number of phenolic OH excluding ortho intramolecular Hbond substituents is 1. The molecular formula is C33H42O. The number of benzene rings is 3. The normalized spacial score (nSPS) is 18.1. The molecule has 1 N–H and O–H groups in total.